The van der Waals surface area contributed by atoms with E-state index < -0.39 is 4.92 Å². The predicted molar refractivity (Wildman–Crippen MR) is 77.1 cm³/mol. The number of hydrogen-bond donors (Lipinski definition) is 2. The molecule has 21 heavy (non-hydrogen) atoms. The maximum Gasteiger partial charge on any atom is 0.270 e. The minimum atomic E-state index is -0.586. The Bertz CT molecular complexity index is 718. The first-order valence-corrected chi connectivity index (χ1v) is 6.09. The second-order valence-electron chi connectivity index (χ2n) is 3.98. The third-order valence-electron chi connectivity index (χ3n) is 2.58. The van der Waals surface area contributed by atoms with E-state index in [2.05, 4.69) is 5.16 Å². The van der Waals surface area contributed by atoms with Crippen molar-refractivity contribution in [1.29, 1.82) is 0 Å². The summed E-state index contributed by atoms with van der Waals surface area (Å²) in [7, 11) is 0. The number of non-ortho nitro benzene ring substituents is 1. The van der Waals surface area contributed by atoms with Gasteiger partial charge in [0.2, 0.25) is 0 Å². The van der Waals surface area contributed by atoms with Crippen molar-refractivity contribution in [3.63, 3.8) is 0 Å². The van der Waals surface area contributed by atoms with E-state index >= 15 is 0 Å². The summed E-state index contributed by atoms with van der Waals surface area (Å²) in [6.07, 6.45) is 0. The highest BCUT2D eigenvalue weighted by molar-refractivity contribution is 6.30. The van der Waals surface area contributed by atoms with Gasteiger partial charge in [-0.15, -0.1) is 0 Å². The molecule has 0 saturated carbocycles. The highest BCUT2D eigenvalue weighted by Crippen LogP contribution is 2.29. The second-order valence-corrected chi connectivity index (χ2v) is 4.42. The first kappa shape index (κ1) is 14.6. The quantitative estimate of drug-likeness (QED) is 0.296. The molecule has 0 fully saturated rings. The molecule has 8 heteroatoms. The minimum Gasteiger partial charge on any atom is -0.457 e. The molecule has 0 heterocycles. The normalized spacial score (nSPS) is 11.2. The lowest BCUT2D eigenvalue weighted by Crippen LogP contribution is -2.14. The molecule has 7 nitrogen and oxygen atoms in total. The second kappa shape index (κ2) is 6.10. The van der Waals surface area contributed by atoms with Crippen LogP contribution in [0.15, 0.2) is 47.6 Å². The van der Waals surface area contributed by atoms with Gasteiger partial charge >= 0.3 is 0 Å². The Labute approximate surface area is 124 Å². The molecule has 2 rings (SSSR count). The van der Waals surface area contributed by atoms with Crippen molar-refractivity contribution in [2.75, 3.05) is 0 Å². The summed E-state index contributed by atoms with van der Waals surface area (Å²) >= 11 is 5.85. The summed E-state index contributed by atoms with van der Waals surface area (Å²) < 4.78 is 5.57. The first-order chi connectivity index (χ1) is 10.0. The molecule has 0 aliphatic carbocycles. The molecule has 0 amide bonds. The van der Waals surface area contributed by atoms with Crippen LogP contribution in [0.3, 0.4) is 0 Å². The maximum atomic E-state index is 10.8. The van der Waals surface area contributed by atoms with Gasteiger partial charge in [-0.05, 0) is 24.3 Å². The van der Waals surface area contributed by atoms with Crippen LogP contribution in [0.2, 0.25) is 5.02 Å². The Morgan fingerprint density at radius 2 is 2.10 bits per heavy atom. The van der Waals surface area contributed by atoms with E-state index in [1.807, 2.05) is 0 Å². The SMILES string of the molecule is NC(=NO)c1cc([N+](=O)[O-])ccc1Oc1cccc(Cl)c1. The Morgan fingerprint density at radius 3 is 2.71 bits per heavy atom. The van der Waals surface area contributed by atoms with Gasteiger partial charge in [-0.2, -0.15) is 0 Å². The largest absolute Gasteiger partial charge is 0.457 e. The topological polar surface area (TPSA) is 111 Å². The number of hydrogen-bond acceptors (Lipinski definition) is 5. The highest BCUT2D eigenvalue weighted by atomic mass is 35.5. The van der Waals surface area contributed by atoms with Gasteiger partial charge in [-0.1, -0.05) is 22.8 Å². The standard InChI is InChI=1S/C13H10ClN3O4/c14-8-2-1-3-10(6-8)21-12-5-4-9(17(19)20)7-11(12)13(15)16-18/h1-7,18H,(H2,15,16). The number of rotatable bonds is 4. The predicted octanol–water partition coefficient (Wildman–Crippen LogP) is 3.14. The van der Waals surface area contributed by atoms with E-state index in [1.54, 1.807) is 24.3 Å². The van der Waals surface area contributed by atoms with E-state index in [1.165, 1.54) is 12.1 Å². The van der Waals surface area contributed by atoms with E-state index in [9.17, 15) is 10.1 Å². The van der Waals surface area contributed by atoms with Gasteiger partial charge in [0.05, 0.1) is 10.5 Å². The molecule has 2 aromatic carbocycles. The molecule has 0 aromatic heterocycles. The zero-order valence-electron chi connectivity index (χ0n) is 10.6. The molecule has 3 N–H and O–H groups in total. The first-order valence-electron chi connectivity index (χ1n) is 5.71. The van der Waals surface area contributed by atoms with Gasteiger partial charge < -0.3 is 15.7 Å². The average Bonchev–Trinajstić information content (AvgIpc) is 2.46. The Kier molecular flexibility index (Phi) is 4.24. The van der Waals surface area contributed by atoms with E-state index in [0.29, 0.717) is 10.8 Å². The fourth-order valence-electron chi connectivity index (χ4n) is 1.63. The molecule has 2 aromatic rings. The van der Waals surface area contributed by atoms with Crippen LogP contribution in [0.4, 0.5) is 5.69 Å². The zero-order chi connectivity index (χ0) is 15.4. The lowest BCUT2D eigenvalue weighted by molar-refractivity contribution is -0.384. The van der Waals surface area contributed by atoms with Crippen LogP contribution >= 0.6 is 11.6 Å². The van der Waals surface area contributed by atoms with Crippen molar-refractivity contribution in [2.45, 2.75) is 0 Å². The van der Waals surface area contributed by atoms with Crippen molar-refractivity contribution in [1.82, 2.24) is 0 Å². The van der Waals surface area contributed by atoms with Crippen LogP contribution in [-0.4, -0.2) is 16.0 Å². The molecular formula is C13H10ClN3O4. The third-order valence-corrected chi connectivity index (χ3v) is 2.82. The number of oxime groups is 1. The molecule has 0 saturated heterocycles. The highest BCUT2D eigenvalue weighted by Gasteiger charge is 2.15. The molecule has 0 aliphatic heterocycles. The Balaban J connectivity index is 2.45. The fraction of sp³-hybridized carbons (Fsp3) is 0. The molecule has 0 unspecified atom stereocenters. The Morgan fingerprint density at radius 1 is 1.33 bits per heavy atom. The summed E-state index contributed by atoms with van der Waals surface area (Å²) in [6, 6.07) is 10.4. The number of nitro groups is 1. The summed E-state index contributed by atoms with van der Waals surface area (Å²) in [4.78, 5) is 10.2. The van der Waals surface area contributed by atoms with Crippen molar-refractivity contribution in [3.8, 4) is 11.5 Å². The number of halogens is 1. The summed E-state index contributed by atoms with van der Waals surface area (Å²) in [5.74, 6) is 0.331. The summed E-state index contributed by atoms with van der Waals surface area (Å²) in [5.41, 5.74) is 5.42. The van der Waals surface area contributed by atoms with Crippen LogP contribution in [0.1, 0.15) is 5.56 Å². The van der Waals surface area contributed by atoms with Crippen LogP contribution in [0.5, 0.6) is 11.5 Å². The minimum absolute atomic E-state index is 0.103. The lowest BCUT2D eigenvalue weighted by atomic mass is 10.1. The number of nitrogens with two attached hydrogens (primary N) is 1. The average molecular weight is 308 g/mol. The molecule has 108 valence electrons. The summed E-state index contributed by atoms with van der Waals surface area (Å²) in [6.45, 7) is 0. The zero-order valence-corrected chi connectivity index (χ0v) is 11.3. The van der Waals surface area contributed by atoms with Crippen LogP contribution < -0.4 is 10.5 Å². The molecule has 0 atom stereocenters. The fourth-order valence-corrected chi connectivity index (χ4v) is 1.81. The molecular weight excluding hydrogens is 298 g/mol. The van der Waals surface area contributed by atoms with Crippen LogP contribution in [0.25, 0.3) is 0 Å². The van der Waals surface area contributed by atoms with Crippen molar-refractivity contribution in [3.05, 3.63) is 63.2 Å². The van der Waals surface area contributed by atoms with Gasteiger partial charge in [0, 0.05) is 17.2 Å². The third kappa shape index (κ3) is 3.40. The van der Waals surface area contributed by atoms with Gasteiger partial charge in [0.1, 0.15) is 11.5 Å². The molecule has 0 spiro atoms. The van der Waals surface area contributed by atoms with Gasteiger partial charge in [-0.25, -0.2) is 0 Å². The van der Waals surface area contributed by atoms with E-state index in [4.69, 9.17) is 27.3 Å². The smallest absolute Gasteiger partial charge is 0.270 e. The van der Waals surface area contributed by atoms with Crippen LogP contribution in [-0.2, 0) is 0 Å². The Hall–Kier alpha value is -2.80. The number of nitro benzene ring substituents is 1. The van der Waals surface area contributed by atoms with Crippen molar-refractivity contribution < 1.29 is 14.9 Å². The molecule has 0 aliphatic rings. The van der Waals surface area contributed by atoms with E-state index in [-0.39, 0.29) is 22.8 Å². The number of amidine groups is 1. The molecule has 0 radical (unpaired) electrons. The monoisotopic (exact) mass is 307 g/mol. The number of nitrogens with zero attached hydrogens (tertiary/aromatic N) is 2. The number of benzene rings is 2. The van der Waals surface area contributed by atoms with Crippen molar-refractivity contribution >= 4 is 23.1 Å². The van der Waals surface area contributed by atoms with E-state index in [0.717, 1.165) is 6.07 Å². The van der Waals surface area contributed by atoms with Crippen LogP contribution in [0, 0.1) is 10.1 Å². The van der Waals surface area contributed by atoms with Gasteiger partial charge in [-0.3, -0.25) is 10.1 Å². The van der Waals surface area contributed by atoms with Crippen molar-refractivity contribution in [2.24, 2.45) is 10.9 Å². The maximum absolute atomic E-state index is 10.8. The number of ether oxygens (including phenoxy) is 1. The van der Waals surface area contributed by atoms with Gasteiger partial charge in [0.15, 0.2) is 5.84 Å². The lowest BCUT2D eigenvalue weighted by Gasteiger charge is -2.10. The van der Waals surface area contributed by atoms with Gasteiger partial charge in [0.25, 0.3) is 5.69 Å². The summed E-state index contributed by atoms with van der Waals surface area (Å²) in [5, 5.41) is 22.9. The molecule has 0 bridgehead atoms.